The fourth-order valence-corrected chi connectivity index (χ4v) is 2.39. The van der Waals surface area contributed by atoms with Gasteiger partial charge in [0.15, 0.2) is 0 Å². The Morgan fingerprint density at radius 3 is 2.62 bits per heavy atom. The minimum absolute atomic E-state index is 0.489. The molecule has 1 heterocycles. The van der Waals surface area contributed by atoms with Gasteiger partial charge in [-0.1, -0.05) is 20.8 Å². The van der Waals surface area contributed by atoms with Crippen molar-refractivity contribution in [2.75, 3.05) is 6.61 Å². The van der Waals surface area contributed by atoms with Crippen molar-refractivity contribution >= 4 is 0 Å². The Labute approximate surface area is 101 Å². The molecule has 2 heteroatoms. The lowest BCUT2D eigenvalue weighted by atomic mass is 9.99. The van der Waals surface area contributed by atoms with Gasteiger partial charge < -0.3 is 10.1 Å². The fraction of sp³-hybridized carbons (Fsp3) is 1.00. The number of ether oxygens (including phenoxy) is 1. The van der Waals surface area contributed by atoms with Crippen molar-refractivity contribution in [2.45, 2.75) is 78.0 Å². The normalized spacial score (nSPS) is 28.3. The number of nitrogens with one attached hydrogen (secondary N) is 1. The largest absolute Gasteiger partial charge is 0.378 e. The second-order valence-electron chi connectivity index (χ2n) is 5.66. The molecule has 1 rings (SSSR count). The number of hydrogen-bond acceptors (Lipinski definition) is 2. The predicted octanol–water partition coefficient (Wildman–Crippen LogP) is 3.36. The summed E-state index contributed by atoms with van der Waals surface area (Å²) in [6.45, 7) is 10.1. The first-order valence-corrected chi connectivity index (χ1v) is 6.99. The van der Waals surface area contributed by atoms with E-state index in [4.69, 9.17) is 4.74 Å². The SMILES string of the molecule is CCC1CC(NC(C)CCC(C)C)CCO1. The van der Waals surface area contributed by atoms with Gasteiger partial charge >= 0.3 is 0 Å². The van der Waals surface area contributed by atoms with E-state index in [1.807, 2.05) is 0 Å². The fourth-order valence-electron chi connectivity index (χ4n) is 2.39. The predicted molar refractivity (Wildman–Crippen MR) is 69.7 cm³/mol. The summed E-state index contributed by atoms with van der Waals surface area (Å²) in [5, 5.41) is 3.76. The van der Waals surface area contributed by atoms with Crippen molar-refractivity contribution in [2.24, 2.45) is 5.92 Å². The molecule has 1 saturated heterocycles. The molecule has 0 saturated carbocycles. The van der Waals surface area contributed by atoms with Gasteiger partial charge in [0.05, 0.1) is 6.10 Å². The molecule has 2 nitrogen and oxygen atoms in total. The second-order valence-corrected chi connectivity index (χ2v) is 5.66. The summed E-state index contributed by atoms with van der Waals surface area (Å²) >= 11 is 0. The monoisotopic (exact) mass is 227 g/mol. The van der Waals surface area contributed by atoms with Gasteiger partial charge in [-0.05, 0) is 44.9 Å². The van der Waals surface area contributed by atoms with Gasteiger partial charge in [0, 0.05) is 18.7 Å². The molecule has 0 spiro atoms. The van der Waals surface area contributed by atoms with Crippen LogP contribution in [0.2, 0.25) is 0 Å². The third-order valence-electron chi connectivity index (χ3n) is 3.52. The van der Waals surface area contributed by atoms with Crippen LogP contribution >= 0.6 is 0 Å². The highest BCUT2D eigenvalue weighted by molar-refractivity contribution is 4.78. The maximum atomic E-state index is 5.70. The van der Waals surface area contributed by atoms with E-state index in [0.29, 0.717) is 18.2 Å². The molecule has 3 unspecified atom stereocenters. The first-order chi connectivity index (χ1) is 7.61. The van der Waals surface area contributed by atoms with Crippen molar-refractivity contribution in [3.05, 3.63) is 0 Å². The van der Waals surface area contributed by atoms with Crippen LogP contribution in [-0.2, 0) is 4.74 Å². The molecule has 1 N–H and O–H groups in total. The van der Waals surface area contributed by atoms with Crippen molar-refractivity contribution < 1.29 is 4.74 Å². The van der Waals surface area contributed by atoms with Gasteiger partial charge in [0.2, 0.25) is 0 Å². The Morgan fingerprint density at radius 1 is 1.25 bits per heavy atom. The molecule has 0 aromatic heterocycles. The van der Waals surface area contributed by atoms with Crippen LogP contribution in [0.5, 0.6) is 0 Å². The van der Waals surface area contributed by atoms with E-state index in [9.17, 15) is 0 Å². The molecular weight excluding hydrogens is 198 g/mol. The third-order valence-corrected chi connectivity index (χ3v) is 3.52. The van der Waals surface area contributed by atoms with Gasteiger partial charge in [0.25, 0.3) is 0 Å². The van der Waals surface area contributed by atoms with Crippen molar-refractivity contribution in [1.82, 2.24) is 5.32 Å². The lowest BCUT2D eigenvalue weighted by molar-refractivity contribution is -0.00183. The first-order valence-electron chi connectivity index (χ1n) is 6.99. The lowest BCUT2D eigenvalue weighted by Crippen LogP contribution is -2.43. The summed E-state index contributed by atoms with van der Waals surface area (Å²) in [7, 11) is 0. The van der Waals surface area contributed by atoms with Gasteiger partial charge in [-0.2, -0.15) is 0 Å². The van der Waals surface area contributed by atoms with Gasteiger partial charge in [0.1, 0.15) is 0 Å². The van der Waals surface area contributed by atoms with Crippen LogP contribution in [-0.4, -0.2) is 24.8 Å². The number of rotatable bonds is 6. The molecule has 96 valence electrons. The van der Waals surface area contributed by atoms with Gasteiger partial charge in [-0.25, -0.2) is 0 Å². The van der Waals surface area contributed by atoms with E-state index in [0.717, 1.165) is 18.9 Å². The molecule has 0 bridgehead atoms. The molecule has 0 radical (unpaired) electrons. The molecular formula is C14H29NO. The van der Waals surface area contributed by atoms with Crippen molar-refractivity contribution in [3.8, 4) is 0 Å². The van der Waals surface area contributed by atoms with Crippen LogP contribution in [0.3, 0.4) is 0 Å². The average molecular weight is 227 g/mol. The van der Waals surface area contributed by atoms with Gasteiger partial charge in [-0.3, -0.25) is 0 Å². The van der Waals surface area contributed by atoms with E-state index < -0.39 is 0 Å². The Kier molecular flexibility index (Phi) is 6.37. The molecule has 1 fully saturated rings. The summed E-state index contributed by atoms with van der Waals surface area (Å²) in [6.07, 6.45) is 6.65. The Bertz CT molecular complexity index is 182. The van der Waals surface area contributed by atoms with Crippen LogP contribution in [0, 0.1) is 5.92 Å². The maximum absolute atomic E-state index is 5.70. The van der Waals surface area contributed by atoms with E-state index >= 15 is 0 Å². The minimum Gasteiger partial charge on any atom is -0.378 e. The third kappa shape index (κ3) is 5.31. The molecule has 16 heavy (non-hydrogen) atoms. The van der Waals surface area contributed by atoms with Crippen molar-refractivity contribution in [1.29, 1.82) is 0 Å². The highest BCUT2D eigenvalue weighted by Gasteiger charge is 2.22. The zero-order valence-electron chi connectivity index (χ0n) is 11.5. The lowest BCUT2D eigenvalue weighted by Gasteiger charge is -2.32. The molecule has 0 amide bonds. The van der Waals surface area contributed by atoms with Crippen LogP contribution in [0.25, 0.3) is 0 Å². The number of hydrogen-bond donors (Lipinski definition) is 1. The smallest absolute Gasteiger partial charge is 0.0587 e. The topological polar surface area (TPSA) is 21.3 Å². The zero-order chi connectivity index (χ0) is 12.0. The second kappa shape index (κ2) is 7.29. The summed E-state index contributed by atoms with van der Waals surface area (Å²) in [5.74, 6) is 0.822. The summed E-state index contributed by atoms with van der Waals surface area (Å²) in [5.41, 5.74) is 0. The molecule has 0 aliphatic carbocycles. The Morgan fingerprint density at radius 2 is 2.00 bits per heavy atom. The first kappa shape index (κ1) is 14.0. The average Bonchev–Trinajstić information content (AvgIpc) is 2.26. The van der Waals surface area contributed by atoms with E-state index in [1.54, 1.807) is 0 Å². The summed E-state index contributed by atoms with van der Waals surface area (Å²) in [4.78, 5) is 0. The van der Waals surface area contributed by atoms with Crippen LogP contribution in [0.4, 0.5) is 0 Å². The minimum atomic E-state index is 0.489. The van der Waals surface area contributed by atoms with E-state index in [2.05, 4.69) is 33.0 Å². The highest BCUT2D eigenvalue weighted by atomic mass is 16.5. The summed E-state index contributed by atoms with van der Waals surface area (Å²) < 4.78 is 5.70. The molecule has 0 aromatic rings. The molecule has 0 aromatic carbocycles. The Hall–Kier alpha value is -0.0800. The molecule has 1 aliphatic rings. The zero-order valence-corrected chi connectivity index (χ0v) is 11.5. The standard InChI is InChI=1S/C14H29NO/c1-5-14-10-13(8-9-16-14)15-12(4)7-6-11(2)3/h11-15H,5-10H2,1-4H3. The maximum Gasteiger partial charge on any atom is 0.0587 e. The van der Waals surface area contributed by atoms with E-state index in [-0.39, 0.29) is 0 Å². The molecule has 1 aliphatic heterocycles. The Balaban J connectivity index is 2.19. The molecule has 3 atom stereocenters. The van der Waals surface area contributed by atoms with Crippen molar-refractivity contribution in [3.63, 3.8) is 0 Å². The van der Waals surface area contributed by atoms with Gasteiger partial charge in [-0.15, -0.1) is 0 Å². The summed E-state index contributed by atoms with van der Waals surface area (Å²) in [6, 6.07) is 1.34. The van der Waals surface area contributed by atoms with E-state index in [1.165, 1.54) is 25.7 Å². The highest BCUT2D eigenvalue weighted by Crippen LogP contribution is 2.17. The quantitative estimate of drug-likeness (QED) is 0.751. The van der Waals surface area contributed by atoms with Crippen LogP contribution < -0.4 is 5.32 Å². The van der Waals surface area contributed by atoms with Crippen LogP contribution in [0.15, 0.2) is 0 Å². The van der Waals surface area contributed by atoms with Crippen LogP contribution in [0.1, 0.15) is 59.8 Å².